The van der Waals surface area contributed by atoms with Crippen LogP contribution >= 0.6 is 15.9 Å². The van der Waals surface area contributed by atoms with Crippen molar-refractivity contribution in [3.63, 3.8) is 0 Å². The Hall–Kier alpha value is -1.40. The van der Waals surface area contributed by atoms with Crippen LogP contribution in [0.2, 0.25) is 0 Å². The second-order valence-corrected chi connectivity index (χ2v) is 4.37. The minimum Gasteiger partial charge on any atom is -0.480 e. The number of halogens is 1. The Kier molecular flexibility index (Phi) is 5.11. The zero-order chi connectivity index (χ0) is 12.8. The van der Waals surface area contributed by atoms with E-state index in [-0.39, 0.29) is 12.3 Å². The fraction of sp³-hybridized carbons (Fsp3) is 0.273. The van der Waals surface area contributed by atoms with Crippen LogP contribution in [0.5, 0.6) is 0 Å². The van der Waals surface area contributed by atoms with Crippen molar-refractivity contribution in [3.8, 4) is 0 Å². The number of nitrogens with two attached hydrogens (primary N) is 1. The van der Waals surface area contributed by atoms with Crippen molar-refractivity contribution in [1.29, 1.82) is 0 Å². The molecule has 1 aromatic rings. The summed E-state index contributed by atoms with van der Waals surface area (Å²) in [7, 11) is 0. The predicted octanol–water partition coefficient (Wildman–Crippen LogP) is 0.867. The van der Waals surface area contributed by atoms with Crippen LogP contribution in [0.15, 0.2) is 28.7 Å². The molecule has 1 amide bonds. The molecule has 0 aliphatic heterocycles. The van der Waals surface area contributed by atoms with Gasteiger partial charge in [-0.1, -0.05) is 34.1 Å². The Labute approximate surface area is 107 Å². The summed E-state index contributed by atoms with van der Waals surface area (Å²) >= 11 is 3.35. The maximum atomic E-state index is 11.4. The number of hydrogen-bond donors (Lipinski definition) is 3. The van der Waals surface area contributed by atoms with Gasteiger partial charge in [0.1, 0.15) is 6.04 Å². The smallest absolute Gasteiger partial charge is 0.321 e. The first-order chi connectivity index (χ1) is 8.00. The van der Waals surface area contributed by atoms with Gasteiger partial charge in [-0.2, -0.15) is 0 Å². The van der Waals surface area contributed by atoms with Crippen molar-refractivity contribution in [2.45, 2.75) is 19.0 Å². The number of nitrogens with one attached hydrogen (secondary N) is 1. The van der Waals surface area contributed by atoms with E-state index in [1.807, 2.05) is 24.3 Å². The van der Waals surface area contributed by atoms with Crippen LogP contribution in [-0.4, -0.2) is 23.0 Å². The standard InChI is InChI=1S/C11H13BrN2O3/c12-8-4-2-1-3-7(8)6-14-10(15)5-9(13)11(16)17/h1-4,9H,5-6,13H2,(H,14,15)(H,16,17). The Morgan fingerprint density at radius 2 is 2.06 bits per heavy atom. The van der Waals surface area contributed by atoms with Crippen molar-refractivity contribution in [3.05, 3.63) is 34.3 Å². The largest absolute Gasteiger partial charge is 0.480 e. The number of aliphatic carboxylic acids is 1. The Balaban J connectivity index is 2.44. The molecule has 0 saturated carbocycles. The average molecular weight is 301 g/mol. The summed E-state index contributed by atoms with van der Waals surface area (Å²) in [5, 5.41) is 11.2. The van der Waals surface area contributed by atoms with Gasteiger partial charge in [-0.3, -0.25) is 9.59 Å². The molecule has 1 unspecified atom stereocenters. The van der Waals surface area contributed by atoms with Crippen LogP contribution in [0, 0.1) is 0 Å². The number of amides is 1. The molecule has 0 fully saturated rings. The molecule has 6 heteroatoms. The van der Waals surface area contributed by atoms with Crippen molar-refractivity contribution < 1.29 is 14.7 Å². The van der Waals surface area contributed by atoms with Gasteiger partial charge in [0.05, 0.1) is 6.42 Å². The third kappa shape index (κ3) is 4.54. The van der Waals surface area contributed by atoms with Gasteiger partial charge in [-0.25, -0.2) is 0 Å². The summed E-state index contributed by atoms with van der Waals surface area (Å²) in [6, 6.07) is 6.30. The molecule has 4 N–H and O–H groups in total. The third-order valence-corrected chi connectivity index (χ3v) is 2.93. The molecular formula is C11H13BrN2O3. The summed E-state index contributed by atoms with van der Waals surface area (Å²) in [4.78, 5) is 21.8. The number of benzene rings is 1. The highest BCUT2D eigenvalue weighted by Crippen LogP contribution is 2.15. The van der Waals surface area contributed by atoms with Crippen molar-refractivity contribution in [2.75, 3.05) is 0 Å². The Morgan fingerprint density at radius 3 is 2.65 bits per heavy atom. The molecule has 0 heterocycles. The molecule has 92 valence electrons. The van der Waals surface area contributed by atoms with Gasteiger partial charge in [0.2, 0.25) is 5.91 Å². The summed E-state index contributed by atoms with van der Waals surface area (Å²) in [5.74, 6) is -1.56. The molecular weight excluding hydrogens is 288 g/mol. The lowest BCUT2D eigenvalue weighted by molar-refractivity contribution is -0.140. The molecule has 0 saturated heterocycles. The molecule has 1 aromatic carbocycles. The number of carboxylic acids is 1. The molecule has 1 atom stereocenters. The minimum absolute atomic E-state index is 0.222. The second-order valence-electron chi connectivity index (χ2n) is 3.52. The highest BCUT2D eigenvalue weighted by Gasteiger charge is 2.15. The van der Waals surface area contributed by atoms with E-state index >= 15 is 0 Å². The normalized spacial score (nSPS) is 11.9. The molecule has 1 rings (SSSR count). The zero-order valence-electron chi connectivity index (χ0n) is 9.02. The van der Waals surface area contributed by atoms with E-state index < -0.39 is 12.0 Å². The van der Waals surface area contributed by atoms with Crippen molar-refractivity contribution in [1.82, 2.24) is 5.32 Å². The van der Waals surface area contributed by atoms with E-state index in [0.717, 1.165) is 10.0 Å². The fourth-order valence-corrected chi connectivity index (χ4v) is 1.62. The van der Waals surface area contributed by atoms with Crippen LogP contribution in [0.3, 0.4) is 0 Å². The lowest BCUT2D eigenvalue weighted by Crippen LogP contribution is -2.36. The van der Waals surface area contributed by atoms with Gasteiger partial charge in [0, 0.05) is 11.0 Å². The van der Waals surface area contributed by atoms with Gasteiger partial charge >= 0.3 is 5.97 Å². The summed E-state index contributed by atoms with van der Waals surface area (Å²) in [6.45, 7) is 0.340. The Morgan fingerprint density at radius 1 is 1.41 bits per heavy atom. The highest BCUT2D eigenvalue weighted by molar-refractivity contribution is 9.10. The maximum Gasteiger partial charge on any atom is 0.321 e. The predicted molar refractivity (Wildman–Crippen MR) is 66.2 cm³/mol. The number of hydrogen-bond acceptors (Lipinski definition) is 3. The monoisotopic (exact) mass is 300 g/mol. The van der Waals surface area contributed by atoms with E-state index in [0.29, 0.717) is 6.54 Å². The van der Waals surface area contributed by atoms with E-state index in [9.17, 15) is 9.59 Å². The summed E-state index contributed by atoms with van der Waals surface area (Å²) in [5.41, 5.74) is 6.17. The first kappa shape index (κ1) is 13.7. The third-order valence-electron chi connectivity index (χ3n) is 2.16. The molecule has 0 radical (unpaired) electrons. The zero-order valence-corrected chi connectivity index (χ0v) is 10.6. The number of carboxylic acid groups (broad SMARTS) is 1. The topological polar surface area (TPSA) is 92.4 Å². The SMILES string of the molecule is NC(CC(=O)NCc1ccccc1Br)C(=O)O. The van der Waals surface area contributed by atoms with Gasteiger partial charge in [0.15, 0.2) is 0 Å². The number of carbonyl (C=O) groups is 2. The van der Waals surface area contributed by atoms with Gasteiger partial charge in [0.25, 0.3) is 0 Å². The van der Waals surface area contributed by atoms with Crippen LogP contribution in [0.4, 0.5) is 0 Å². The van der Waals surface area contributed by atoms with Crippen LogP contribution in [0.25, 0.3) is 0 Å². The molecule has 0 aliphatic carbocycles. The van der Waals surface area contributed by atoms with E-state index in [1.165, 1.54) is 0 Å². The minimum atomic E-state index is -1.18. The lowest BCUT2D eigenvalue weighted by Gasteiger charge is -2.08. The molecule has 0 aliphatic rings. The van der Waals surface area contributed by atoms with E-state index in [2.05, 4.69) is 21.2 Å². The summed E-state index contributed by atoms with van der Waals surface area (Å²) in [6.07, 6.45) is -0.222. The average Bonchev–Trinajstić information content (AvgIpc) is 2.27. The lowest BCUT2D eigenvalue weighted by atomic mass is 10.2. The first-order valence-electron chi connectivity index (χ1n) is 4.99. The molecule has 17 heavy (non-hydrogen) atoms. The van der Waals surface area contributed by atoms with Crippen LogP contribution < -0.4 is 11.1 Å². The quantitative estimate of drug-likeness (QED) is 0.752. The van der Waals surface area contributed by atoms with Gasteiger partial charge in [-0.05, 0) is 11.6 Å². The second kappa shape index (κ2) is 6.36. The summed E-state index contributed by atoms with van der Waals surface area (Å²) < 4.78 is 0.892. The maximum absolute atomic E-state index is 11.4. The number of rotatable bonds is 5. The van der Waals surface area contributed by atoms with Gasteiger partial charge in [-0.15, -0.1) is 0 Å². The highest BCUT2D eigenvalue weighted by atomic mass is 79.9. The van der Waals surface area contributed by atoms with Crippen molar-refractivity contribution >= 4 is 27.8 Å². The van der Waals surface area contributed by atoms with Gasteiger partial charge < -0.3 is 16.2 Å². The van der Waals surface area contributed by atoms with E-state index in [4.69, 9.17) is 10.8 Å². The molecule has 5 nitrogen and oxygen atoms in total. The van der Waals surface area contributed by atoms with Crippen molar-refractivity contribution in [2.24, 2.45) is 5.73 Å². The fourth-order valence-electron chi connectivity index (χ4n) is 1.19. The first-order valence-corrected chi connectivity index (χ1v) is 5.78. The Bertz CT molecular complexity index is 423. The van der Waals surface area contributed by atoms with Crippen LogP contribution in [-0.2, 0) is 16.1 Å². The molecule has 0 spiro atoms. The molecule has 0 bridgehead atoms. The number of carbonyl (C=O) groups excluding carboxylic acids is 1. The van der Waals surface area contributed by atoms with E-state index in [1.54, 1.807) is 0 Å². The molecule has 0 aromatic heterocycles. The van der Waals surface area contributed by atoms with Crippen LogP contribution in [0.1, 0.15) is 12.0 Å².